The summed E-state index contributed by atoms with van der Waals surface area (Å²) in [6, 6.07) is 17.1. The van der Waals surface area contributed by atoms with Crippen LogP contribution in [0.15, 0.2) is 73.1 Å². The molecule has 1 atom stereocenters. The zero-order chi connectivity index (χ0) is 18.8. The summed E-state index contributed by atoms with van der Waals surface area (Å²) in [6.07, 6.45) is 3.37. The van der Waals surface area contributed by atoms with Gasteiger partial charge in [0.1, 0.15) is 22.9 Å². The number of aromatic nitrogens is 2. The maximum atomic E-state index is 13.4. The number of nitrogens with zero attached hydrogens (tertiary/aromatic N) is 2. The number of anilines is 1. The molecule has 0 unspecified atom stereocenters. The molecule has 0 aliphatic heterocycles. The van der Waals surface area contributed by atoms with Crippen molar-refractivity contribution in [1.82, 2.24) is 9.97 Å². The molecule has 0 radical (unpaired) electrons. The van der Waals surface area contributed by atoms with Gasteiger partial charge in [-0.1, -0.05) is 30.3 Å². The van der Waals surface area contributed by atoms with Crippen molar-refractivity contribution in [3.8, 4) is 5.75 Å². The molecule has 4 aromatic rings. The van der Waals surface area contributed by atoms with E-state index in [1.54, 1.807) is 24.5 Å². The van der Waals surface area contributed by atoms with Gasteiger partial charge in [0.25, 0.3) is 0 Å². The summed E-state index contributed by atoms with van der Waals surface area (Å²) < 4.78 is 13.4. The predicted molar refractivity (Wildman–Crippen MR) is 104 cm³/mol. The van der Waals surface area contributed by atoms with Gasteiger partial charge in [-0.25, -0.2) is 9.37 Å². The Kier molecular flexibility index (Phi) is 4.42. The van der Waals surface area contributed by atoms with E-state index in [0.717, 1.165) is 16.5 Å². The third-order valence-corrected chi connectivity index (χ3v) is 4.50. The highest BCUT2D eigenvalue weighted by Crippen LogP contribution is 2.36. The lowest BCUT2D eigenvalue weighted by Crippen LogP contribution is -2.14. The zero-order valence-corrected chi connectivity index (χ0v) is 14.7. The second-order valence-electron chi connectivity index (χ2n) is 6.43. The van der Waals surface area contributed by atoms with Crippen LogP contribution < -0.4 is 5.32 Å². The first-order valence-corrected chi connectivity index (χ1v) is 8.63. The Bertz CT molecular complexity index is 1100. The van der Waals surface area contributed by atoms with E-state index in [1.807, 2.05) is 43.3 Å². The molecule has 134 valence electrons. The molecular formula is C22H18FN3O. The summed E-state index contributed by atoms with van der Waals surface area (Å²) in [6.45, 7) is 1.98. The molecule has 4 rings (SSSR count). The smallest absolute Gasteiger partial charge is 0.147 e. The topological polar surface area (TPSA) is 58.0 Å². The first-order valence-electron chi connectivity index (χ1n) is 8.63. The Morgan fingerprint density at radius 2 is 1.78 bits per heavy atom. The van der Waals surface area contributed by atoms with Crippen molar-refractivity contribution in [2.45, 2.75) is 13.0 Å². The van der Waals surface area contributed by atoms with Gasteiger partial charge in [-0.2, -0.15) is 0 Å². The summed E-state index contributed by atoms with van der Waals surface area (Å²) in [4.78, 5) is 8.66. The fourth-order valence-electron chi connectivity index (χ4n) is 3.14. The molecule has 0 spiro atoms. The summed E-state index contributed by atoms with van der Waals surface area (Å²) in [5.41, 5.74) is 3.05. The van der Waals surface area contributed by atoms with E-state index in [0.29, 0.717) is 16.9 Å². The molecule has 0 fully saturated rings. The van der Waals surface area contributed by atoms with Crippen LogP contribution >= 0.6 is 0 Å². The van der Waals surface area contributed by atoms with Crippen LogP contribution in [-0.2, 0) is 0 Å². The number of halogens is 1. The highest BCUT2D eigenvalue weighted by molar-refractivity contribution is 5.86. The maximum absolute atomic E-state index is 13.4. The van der Waals surface area contributed by atoms with Crippen LogP contribution in [0, 0.1) is 12.7 Å². The number of aryl methyl sites for hydroxylation is 1. The van der Waals surface area contributed by atoms with Gasteiger partial charge in [-0.05, 0) is 48.4 Å². The summed E-state index contributed by atoms with van der Waals surface area (Å²) in [7, 11) is 0. The van der Waals surface area contributed by atoms with Crippen molar-refractivity contribution >= 4 is 16.7 Å². The van der Waals surface area contributed by atoms with Crippen molar-refractivity contribution in [3.05, 3.63) is 95.6 Å². The van der Waals surface area contributed by atoms with Crippen LogP contribution in [0.1, 0.15) is 22.7 Å². The van der Waals surface area contributed by atoms with Gasteiger partial charge in [0.2, 0.25) is 0 Å². The molecule has 0 aliphatic rings. The van der Waals surface area contributed by atoms with E-state index >= 15 is 0 Å². The van der Waals surface area contributed by atoms with Gasteiger partial charge < -0.3 is 10.4 Å². The fourth-order valence-corrected chi connectivity index (χ4v) is 3.14. The second kappa shape index (κ2) is 7.03. The summed E-state index contributed by atoms with van der Waals surface area (Å²) in [5, 5.41) is 15.1. The Morgan fingerprint density at radius 1 is 0.963 bits per heavy atom. The molecular weight excluding hydrogens is 341 g/mol. The van der Waals surface area contributed by atoms with Crippen LogP contribution in [-0.4, -0.2) is 15.1 Å². The SMILES string of the molecule is Cc1ccnc(N[C@@H](c2ccc(F)cc2)c2ccc3cccnc3c2O)c1. The van der Waals surface area contributed by atoms with E-state index in [-0.39, 0.29) is 11.6 Å². The minimum atomic E-state index is -0.411. The number of phenolic OH excluding ortho intramolecular Hbond substituents is 1. The zero-order valence-electron chi connectivity index (χ0n) is 14.7. The first-order chi connectivity index (χ1) is 13.1. The highest BCUT2D eigenvalue weighted by atomic mass is 19.1. The van der Waals surface area contributed by atoms with Crippen molar-refractivity contribution in [2.75, 3.05) is 5.32 Å². The molecule has 2 N–H and O–H groups in total. The third-order valence-electron chi connectivity index (χ3n) is 4.50. The Hall–Kier alpha value is -3.47. The largest absolute Gasteiger partial charge is 0.505 e. The predicted octanol–water partition coefficient (Wildman–Crippen LogP) is 4.98. The normalized spacial score (nSPS) is 12.1. The minimum Gasteiger partial charge on any atom is -0.505 e. The molecule has 5 heteroatoms. The lowest BCUT2D eigenvalue weighted by atomic mass is 9.96. The lowest BCUT2D eigenvalue weighted by Gasteiger charge is -2.22. The molecule has 0 bridgehead atoms. The van der Waals surface area contributed by atoms with E-state index in [4.69, 9.17) is 0 Å². The van der Waals surface area contributed by atoms with Gasteiger partial charge in [0.15, 0.2) is 0 Å². The number of fused-ring (bicyclic) bond motifs is 1. The van der Waals surface area contributed by atoms with Crippen molar-refractivity contribution in [1.29, 1.82) is 0 Å². The number of hydrogen-bond donors (Lipinski definition) is 2. The van der Waals surface area contributed by atoms with E-state index in [2.05, 4.69) is 15.3 Å². The number of phenols is 1. The van der Waals surface area contributed by atoms with Gasteiger partial charge in [0.05, 0.1) is 6.04 Å². The Morgan fingerprint density at radius 3 is 2.56 bits per heavy atom. The Labute approximate surface area is 156 Å². The quantitative estimate of drug-likeness (QED) is 0.539. The fraction of sp³-hybridized carbons (Fsp3) is 0.0909. The van der Waals surface area contributed by atoms with Crippen LogP contribution in [0.4, 0.5) is 10.2 Å². The molecule has 0 saturated heterocycles. The van der Waals surface area contributed by atoms with Crippen molar-refractivity contribution < 1.29 is 9.50 Å². The van der Waals surface area contributed by atoms with Gasteiger partial charge in [-0.3, -0.25) is 4.98 Å². The average molecular weight is 359 g/mol. The van der Waals surface area contributed by atoms with Gasteiger partial charge >= 0.3 is 0 Å². The first kappa shape index (κ1) is 17.0. The molecule has 2 aromatic carbocycles. The molecule has 27 heavy (non-hydrogen) atoms. The van der Waals surface area contributed by atoms with Crippen LogP contribution in [0.3, 0.4) is 0 Å². The number of benzene rings is 2. The number of nitrogens with one attached hydrogen (secondary N) is 1. The van der Waals surface area contributed by atoms with Gasteiger partial charge in [-0.15, -0.1) is 0 Å². The Balaban J connectivity index is 1.84. The van der Waals surface area contributed by atoms with Crippen molar-refractivity contribution in [2.24, 2.45) is 0 Å². The van der Waals surface area contributed by atoms with Crippen LogP contribution in [0.5, 0.6) is 5.75 Å². The number of hydrogen-bond acceptors (Lipinski definition) is 4. The molecule has 4 nitrogen and oxygen atoms in total. The number of aromatic hydroxyl groups is 1. The van der Waals surface area contributed by atoms with E-state index < -0.39 is 6.04 Å². The minimum absolute atomic E-state index is 0.0996. The van der Waals surface area contributed by atoms with Crippen LogP contribution in [0.2, 0.25) is 0 Å². The van der Waals surface area contributed by atoms with Gasteiger partial charge in [0, 0.05) is 23.3 Å². The monoisotopic (exact) mass is 359 g/mol. The third kappa shape index (κ3) is 3.44. The number of rotatable bonds is 4. The highest BCUT2D eigenvalue weighted by Gasteiger charge is 2.20. The number of pyridine rings is 2. The maximum Gasteiger partial charge on any atom is 0.147 e. The lowest BCUT2D eigenvalue weighted by molar-refractivity contribution is 0.471. The molecule has 2 aromatic heterocycles. The average Bonchev–Trinajstić information content (AvgIpc) is 2.68. The summed E-state index contributed by atoms with van der Waals surface area (Å²) >= 11 is 0. The molecule has 0 aliphatic carbocycles. The molecule has 0 saturated carbocycles. The standard InChI is InChI=1S/C22H18FN3O/c1-14-10-12-24-19(13-14)26-20(16-4-7-17(23)8-5-16)18-9-6-15-3-2-11-25-21(15)22(18)27/h2-13,20,27H,1H3,(H,24,26)/t20-/m0/s1. The van der Waals surface area contributed by atoms with E-state index in [1.165, 1.54) is 12.1 Å². The second-order valence-corrected chi connectivity index (χ2v) is 6.43. The summed E-state index contributed by atoms with van der Waals surface area (Å²) in [5.74, 6) is 0.461. The van der Waals surface area contributed by atoms with E-state index in [9.17, 15) is 9.50 Å². The van der Waals surface area contributed by atoms with Crippen molar-refractivity contribution in [3.63, 3.8) is 0 Å². The molecule has 0 amide bonds. The molecule has 2 heterocycles. The van der Waals surface area contributed by atoms with Crippen LogP contribution in [0.25, 0.3) is 10.9 Å².